The first-order valence-corrected chi connectivity index (χ1v) is 11.0. The molecule has 0 aliphatic rings. The van der Waals surface area contributed by atoms with E-state index in [1.165, 1.54) is 23.7 Å². The number of benzene rings is 2. The standard InChI is InChI=1S/C23H27FN4OS/c1-3-4-14-28(15-13-22(29)25-20-11-5-17(2)6-12-20)23-26-21(27-30-23)16-18-7-9-19(24)10-8-18/h5-12H,3-4,13-16H2,1-2H3,(H,25,29). The number of carbonyl (C=O) groups is 1. The minimum atomic E-state index is -0.250. The van der Waals surface area contributed by atoms with Gasteiger partial charge in [0.05, 0.1) is 0 Å². The second-order valence-corrected chi connectivity index (χ2v) is 8.03. The third-order valence-electron chi connectivity index (χ3n) is 4.73. The van der Waals surface area contributed by atoms with E-state index >= 15 is 0 Å². The molecule has 0 saturated carbocycles. The summed E-state index contributed by atoms with van der Waals surface area (Å²) in [5.41, 5.74) is 2.94. The van der Waals surface area contributed by atoms with Crippen LogP contribution in [0.5, 0.6) is 0 Å². The summed E-state index contributed by atoms with van der Waals surface area (Å²) in [4.78, 5) is 19.2. The highest BCUT2D eigenvalue weighted by Crippen LogP contribution is 2.20. The Morgan fingerprint density at radius 2 is 1.83 bits per heavy atom. The molecule has 0 radical (unpaired) electrons. The van der Waals surface area contributed by atoms with Gasteiger partial charge in [-0.1, -0.05) is 43.2 Å². The van der Waals surface area contributed by atoms with Crippen LogP contribution >= 0.6 is 11.5 Å². The number of carbonyl (C=O) groups excluding carboxylic acids is 1. The monoisotopic (exact) mass is 426 g/mol. The fourth-order valence-corrected chi connectivity index (χ4v) is 3.72. The number of aryl methyl sites for hydroxylation is 1. The number of amides is 1. The van der Waals surface area contributed by atoms with Crippen LogP contribution in [0.25, 0.3) is 0 Å². The molecule has 0 saturated heterocycles. The maximum absolute atomic E-state index is 13.1. The minimum Gasteiger partial charge on any atom is -0.346 e. The highest BCUT2D eigenvalue weighted by Gasteiger charge is 2.14. The number of aromatic nitrogens is 2. The van der Waals surface area contributed by atoms with Crippen LogP contribution in [0.1, 0.15) is 43.1 Å². The molecule has 0 bridgehead atoms. The first-order chi connectivity index (χ1) is 14.5. The average molecular weight is 427 g/mol. The van der Waals surface area contributed by atoms with Gasteiger partial charge in [-0.05, 0) is 43.2 Å². The van der Waals surface area contributed by atoms with Gasteiger partial charge in [0, 0.05) is 43.2 Å². The minimum absolute atomic E-state index is 0.0172. The van der Waals surface area contributed by atoms with E-state index < -0.39 is 0 Å². The summed E-state index contributed by atoms with van der Waals surface area (Å²) in [5.74, 6) is 0.448. The maximum atomic E-state index is 13.1. The van der Waals surface area contributed by atoms with Crippen molar-refractivity contribution in [2.24, 2.45) is 0 Å². The van der Waals surface area contributed by atoms with Crippen molar-refractivity contribution in [2.75, 3.05) is 23.3 Å². The van der Waals surface area contributed by atoms with E-state index in [1.54, 1.807) is 12.1 Å². The molecule has 3 rings (SSSR count). The Morgan fingerprint density at radius 3 is 2.53 bits per heavy atom. The topological polar surface area (TPSA) is 58.1 Å². The lowest BCUT2D eigenvalue weighted by atomic mass is 10.1. The van der Waals surface area contributed by atoms with Gasteiger partial charge in [-0.2, -0.15) is 4.37 Å². The largest absolute Gasteiger partial charge is 0.346 e. The van der Waals surface area contributed by atoms with Crippen molar-refractivity contribution >= 4 is 28.3 Å². The fourth-order valence-electron chi connectivity index (χ4n) is 2.98. The zero-order chi connectivity index (χ0) is 21.3. The number of nitrogens with one attached hydrogen (secondary N) is 1. The normalized spacial score (nSPS) is 10.8. The van der Waals surface area contributed by atoms with E-state index in [4.69, 9.17) is 0 Å². The highest BCUT2D eigenvalue weighted by atomic mass is 32.1. The molecule has 0 aliphatic heterocycles. The highest BCUT2D eigenvalue weighted by molar-refractivity contribution is 7.09. The summed E-state index contributed by atoms with van der Waals surface area (Å²) in [6, 6.07) is 14.2. The summed E-state index contributed by atoms with van der Waals surface area (Å²) >= 11 is 1.35. The van der Waals surface area contributed by atoms with Gasteiger partial charge in [0.1, 0.15) is 11.6 Å². The summed E-state index contributed by atoms with van der Waals surface area (Å²) < 4.78 is 17.6. The lowest BCUT2D eigenvalue weighted by Gasteiger charge is -2.20. The van der Waals surface area contributed by atoms with Gasteiger partial charge in [0.15, 0.2) is 0 Å². The van der Waals surface area contributed by atoms with Gasteiger partial charge in [-0.15, -0.1) is 0 Å². The van der Waals surface area contributed by atoms with E-state index in [1.807, 2.05) is 31.2 Å². The van der Waals surface area contributed by atoms with E-state index in [-0.39, 0.29) is 11.7 Å². The summed E-state index contributed by atoms with van der Waals surface area (Å²) in [5, 5.41) is 3.77. The van der Waals surface area contributed by atoms with Crippen molar-refractivity contribution in [3.05, 3.63) is 71.3 Å². The Kier molecular flexibility index (Phi) is 7.90. The predicted molar refractivity (Wildman–Crippen MR) is 121 cm³/mol. The summed E-state index contributed by atoms with van der Waals surface area (Å²) in [7, 11) is 0. The van der Waals surface area contributed by atoms with Crippen molar-refractivity contribution in [3.8, 4) is 0 Å². The third-order valence-corrected chi connectivity index (χ3v) is 5.54. The smallest absolute Gasteiger partial charge is 0.226 e. The Bertz CT molecular complexity index is 941. The van der Waals surface area contributed by atoms with Gasteiger partial charge in [-0.25, -0.2) is 9.37 Å². The van der Waals surface area contributed by atoms with E-state index in [0.717, 1.165) is 41.3 Å². The van der Waals surface area contributed by atoms with Crippen molar-refractivity contribution in [3.63, 3.8) is 0 Å². The Hall–Kier alpha value is -2.80. The molecule has 2 aromatic carbocycles. The molecule has 1 heterocycles. The Labute approximate surface area is 181 Å². The molecule has 158 valence electrons. The number of hydrogen-bond acceptors (Lipinski definition) is 5. The molecule has 1 amide bonds. The Balaban J connectivity index is 1.59. The van der Waals surface area contributed by atoms with Gasteiger partial charge < -0.3 is 10.2 Å². The van der Waals surface area contributed by atoms with Crippen LogP contribution in [0.15, 0.2) is 48.5 Å². The van der Waals surface area contributed by atoms with E-state index in [9.17, 15) is 9.18 Å². The molecule has 0 spiro atoms. The number of hydrogen-bond donors (Lipinski definition) is 1. The van der Waals surface area contributed by atoms with Crippen LogP contribution in [0.2, 0.25) is 0 Å². The van der Waals surface area contributed by atoms with Crippen molar-refractivity contribution < 1.29 is 9.18 Å². The zero-order valence-corrected chi connectivity index (χ0v) is 18.2. The molecule has 30 heavy (non-hydrogen) atoms. The number of unbranched alkanes of at least 4 members (excludes halogenated alkanes) is 1. The van der Waals surface area contributed by atoms with Crippen LogP contribution < -0.4 is 10.2 Å². The average Bonchev–Trinajstić information content (AvgIpc) is 3.20. The van der Waals surface area contributed by atoms with Crippen LogP contribution in [0.4, 0.5) is 15.2 Å². The molecule has 1 N–H and O–H groups in total. The molecule has 0 fully saturated rings. The first kappa shape index (κ1) is 21.9. The molecule has 0 unspecified atom stereocenters. The molecular weight excluding hydrogens is 399 g/mol. The number of halogens is 1. The van der Waals surface area contributed by atoms with Crippen LogP contribution in [-0.2, 0) is 11.2 Å². The quantitative estimate of drug-likeness (QED) is 0.483. The molecule has 7 heteroatoms. The van der Waals surface area contributed by atoms with Crippen molar-refractivity contribution in [2.45, 2.75) is 39.5 Å². The summed E-state index contributed by atoms with van der Waals surface area (Å²) in [6.07, 6.45) is 3.02. The fraction of sp³-hybridized carbons (Fsp3) is 0.348. The van der Waals surface area contributed by atoms with Gasteiger partial charge in [0.2, 0.25) is 11.0 Å². The van der Waals surface area contributed by atoms with Crippen LogP contribution in [-0.4, -0.2) is 28.4 Å². The molecule has 0 atom stereocenters. The molecule has 1 aromatic heterocycles. The number of rotatable bonds is 10. The Morgan fingerprint density at radius 1 is 1.10 bits per heavy atom. The van der Waals surface area contributed by atoms with E-state index in [0.29, 0.717) is 25.2 Å². The SMILES string of the molecule is CCCCN(CCC(=O)Nc1ccc(C)cc1)c1nc(Cc2ccc(F)cc2)ns1. The van der Waals surface area contributed by atoms with Gasteiger partial charge >= 0.3 is 0 Å². The lowest BCUT2D eigenvalue weighted by Crippen LogP contribution is -2.28. The molecule has 0 aliphatic carbocycles. The van der Waals surface area contributed by atoms with Crippen LogP contribution in [0.3, 0.4) is 0 Å². The van der Waals surface area contributed by atoms with Gasteiger partial charge in [-0.3, -0.25) is 4.79 Å². The summed E-state index contributed by atoms with van der Waals surface area (Å²) in [6.45, 7) is 5.58. The van der Waals surface area contributed by atoms with Crippen molar-refractivity contribution in [1.29, 1.82) is 0 Å². The zero-order valence-electron chi connectivity index (χ0n) is 17.4. The predicted octanol–water partition coefficient (Wildman–Crippen LogP) is 5.21. The third kappa shape index (κ3) is 6.62. The first-order valence-electron chi connectivity index (χ1n) is 10.2. The number of anilines is 2. The number of nitrogens with zero attached hydrogens (tertiary/aromatic N) is 3. The molecule has 3 aromatic rings. The maximum Gasteiger partial charge on any atom is 0.226 e. The van der Waals surface area contributed by atoms with Gasteiger partial charge in [0.25, 0.3) is 0 Å². The van der Waals surface area contributed by atoms with Crippen molar-refractivity contribution in [1.82, 2.24) is 9.36 Å². The lowest BCUT2D eigenvalue weighted by molar-refractivity contribution is -0.116. The van der Waals surface area contributed by atoms with Crippen LogP contribution in [0, 0.1) is 12.7 Å². The molecular formula is C23H27FN4OS. The second kappa shape index (κ2) is 10.8. The van der Waals surface area contributed by atoms with E-state index in [2.05, 4.69) is 26.5 Å². The second-order valence-electron chi connectivity index (χ2n) is 7.30. The molecule has 5 nitrogen and oxygen atoms in total.